The Morgan fingerprint density at radius 2 is 1.77 bits per heavy atom. The van der Waals surface area contributed by atoms with Crippen molar-refractivity contribution in [1.82, 2.24) is 5.32 Å². The van der Waals surface area contributed by atoms with Gasteiger partial charge < -0.3 is 14.8 Å². The zero-order valence-electron chi connectivity index (χ0n) is 15.3. The lowest BCUT2D eigenvalue weighted by Gasteiger charge is -2.12. The number of carbonyl (C=O) groups is 1. The van der Waals surface area contributed by atoms with Gasteiger partial charge in [-0.05, 0) is 54.3 Å². The van der Waals surface area contributed by atoms with Gasteiger partial charge in [-0.25, -0.2) is 4.39 Å². The third kappa shape index (κ3) is 5.95. The molecule has 0 aromatic heterocycles. The summed E-state index contributed by atoms with van der Waals surface area (Å²) >= 11 is 1.55. The molecule has 0 unspecified atom stereocenters. The minimum absolute atomic E-state index is 0.00441. The maximum Gasteiger partial charge on any atom is 0.230 e. The van der Waals surface area contributed by atoms with E-state index in [1.165, 1.54) is 12.1 Å². The minimum atomic E-state index is -0.250. The van der Waals surface area contributed by atoms with Crippen molar-refractivity contribution in [2.24, 2.45) is 0 Å². The quantitative estimate of drug-likeness (QED) is 0.723. The van der Waals surface area contributed by atoms with Gasteiger partial charge in [0.15, 0.2) is 11.5 Å². The Kier molecular flexibility index (Phi) is 7.78. The SMILES string of the molecule is COc1cc(C)c(CSCC(=O)NCCc2ccc(F)cc2)cc1OC. The molecule has 0 saturated carbocycles. The fourth-order valence-electron chi connectivity index (χ4n) is 2.48. The van der Waals surface area contributed by atoms with Crippen LogP contribution in [0.15, 0.2) is 36.4 Å². The van der Waals surface area contributed by atoms with Crippen LogP contribution in [0.2, 0.25) is 0 Å². The smallest absolute Gasteiger partial charge is 0.230 e. The number of benzene rings is 2. The van der Waals surface area contributed by atoms with Crippen LogP contribution < -0.4 is 14.8 Å². The highest BCUT2D eigenvalue weighted by Gasteiger charge is 2.09. The Bertz CT molecular complexity index is 735. The van der Waals surface area contributed by atoms with Crippen molar-refractivity contribution in [3.8, 4) is 11.5 Å². The zero-order valence-corrected chi connectivity index (χ0v) is 16.1. The molecular weight excluding hydrogens is 353 g/mol. The van der Waals surface area contributed by atoms with Crippen LogP contribution in [0.4, 0.5) is 4.39 Å². The number of hydrogen-bond acceptors (Lipinski definition) is 4. The number of ether oxygens (including phenoxy) is 2. The average molecular weight is 377 g/mol. The van der Waals surface area contributed by atoms with Gasteiger partial charge in [-0.1, -0.05) is 12.1 Å². The Labute approximate surface area is 158 Å². The Hall–Kier alpha value is -2.21. The second kappa shape index (κ2) is 10.1. The molecular formula is C20H24FNO3S. The molecule has 0 spiro atoms. The molecule has 0 bridgehead atoms. The first-order valence-corrected chi connectivity index (χ1v) is 9.49. The molecule has 1 amide bonds. The van der Waals surface area contributed by atoms with Gasteiger partial charge in [0.05, 0.1) is 20.0 Å². The van der Waals surface area contributed by atoms with Crippen molar-refractivity contribution in [3.63, 3.8) is 0 Å². The van der Waals surface area contributed by atoms with E-state index >= 15 is 0 Å². The van der Waals surface area contributed by atoms with E-state index in [1.54, 1.807) is 38.1 Å². The monoisotopic (exact) mass is 377 g/mol. The molecule has 0 aliphatic rings. The molecule has 2 aromatic carbocycles. The van der Waals surface area contributed by atoms with Crippen LogP contribution >= 0.6 is 11.8 Å². The first-order valence-electron chi connectivity index (χ1n) is 8.34. The maximum atomic E-state index is 12.8. The molecule has 0 saturated heterocycles. The molecule has 1 N–H and O–H groups in total. The van der Waals surface area contributed by atoms with Gasteiger partial charge in [0.25, 0.3) is 0 Å². The number of rotatable bonds is 9. The van der Waals surface area contributed by atoms with Crippen molar-refractivity contribution in [2.45, 2.75) is 19.1 Å². The number of carbonyl (C=O) groups excluding carboxylic acids is 1. The summed E-state index contributed by atoms with van der Waals surface area (Å²) in [6.45, 7) is 2.56. The summed E-state index contributed by atoms with van der Waals surface area (Å²) in [4.78, 5) is 11.9. The summed E-state index contributed by atoms with van der Waals surface area (Å²) in [6.07, 6.45) is 0.686. The molecule has 0 aliphatic carbocycles. The number of hydrogen-bond donors (Lipinski definition) is 1. The maximum absolute atomic E-state index is 12.8. The largest absolute Gasteiger partial charge is 0.493 e. The Balaban J connectivity index is 1.75. The summed E-state index contributed by atoms with van der Waals surface area (Å²) in [6, 6.07) is 10.2. The summed E-state index contributed by atoms with van der Waals surface area (Å²) in [5.74, 6) is 2.25. The molecule has 26 heavy (non-hydrogen) atoms. The summed E-state index contributed by atoms with van der Waals surface area (Å²) < 4.78 is 23.5. The van der Waals surface area contributed by atoms with E-state index in [0.29, 0.717) is 30.2 Å². The van der Waals surface area contributed by atoms with Gasteiger partial charge in [-0.15, -0.1) is 11.8 Å². The topological polar surface area (TPSA) is 47.6 Å². The highest BCUT2D eigenvalue weighted by atomic mass is 32.2. The summed E-state index contributed by atoms with van der Waals surface area (Å²) in [5.41, 5.74) is 3.22. The van der Waals surface area contributed by atoms with Gasteiger partial charge in [-0.2, -0.15) is 0 Å². The first-order chi connectivity index (χ1) is 12.5. The highest BCUT2D eigenvalue weighted by Crippen LogP contribution is 2.31. The standard InChI is InChI=1S/C20H24FNO3S/c1-14-10-18(24-2)19(25-3)11-16(14)12-26-13-20(23)22-9-8-15-4-6-17(21)7-5-15/h4-7,10-11H,8-9,12-13H2,1-3H3,(H,22,23). The third-order valence-corrected chi connectivity index (χ3v) is 4.96. The van der Waals surface area contributed by atoms with Crippen LogP contribution in [0, 0.1) is 12.7 Å². The highest BCUT2D eigenvalue weighted by molar-refractivity contribution is 7.99. The predicted octanol–water partition coefficient (Wildman–Crippen LogP) is 3.74. The van der Waals surface area contributed by atoms with Crippen molar-refractivity contribution in [1.29, 1.82) is 0 Å². The van der Waals surface area contributed by atoms with Crippen LogP contribution in [-0.2, 0) is 17.0 Å². The van der Waals surface area contributed by atoms with E-state index in [-0.39, 0.29) is 11.7 Å². The average Bonchev–Trinajstić information content (AvgIpc) is 2.64. The van der Waals surface area contributed by atoms with Crippen LogP contribution in [-0.4, -0.2) is 32.4 Å². The van der Waals surface area contributed by atoms with Crippen molar-refractivity contribution in [2.75, 3.05) is 26.5 Å². The van der Waals surface area contributed by atoms with Gasteiger partial charge in [0, 0.05) is 12.3 Å². The summed E-state index contributed by atoms with van der Waals surface area (Å²) in [5, 5.41) is 2.89. The molecule has 2 rings (SSSR count). The number of methoxy groups -OCH3 is 2. The van der Waals surface area contributed by atoms with Crippen LogP contribution in [0.5, 0.6) is 11.5 Å². The molecule has 0 heterocycles. The lowest BCUT2D eigenvalue weighted by atomic mass is 10.1. The van der Waals surface area contributed by atoms with Crippen LogP contribution in [0.25, 0.3) is 0 Å². The van der Waals surface area contributed by atoms with E-state index in [4.69, 9.17) is 9.47 Å². The van der Waals surface area contributed by atoms with E-state index in [9.17, 15) is 9.18 Å². The van der Waals surface area contributed by atoms with E-state index in [0.717, 1.165) is 22.4 Å². The second-order valence-corrected chi connectivity index (χ2v) is 6.84. The van der Waals surface area contributed by atoms with Gasteiger partial charge in [-0.3, -0.25) is 4.79 Å². The van der Waals surface area contributed by atoms with Crippen molar-refractivity contribution < 1.29 is 18.7 Å². The van der Waals surface area contributed by atoms with Crippen molar-refractivity contribution >= 4 is 17.7 Å². The Morgan fingerprint density at radius 3 is 2.42 bits per heavy atom. The molecule has 0 fully saturated rings. The van der Waals surface area contributed by atoms with Crippen molar-refractivity contribution in [3.05, 3.63) is 58.9 Å². The number of aryl methyl sites for hydroxylation is 1. The van der Waals surface area contributed by atoms with Gasteiger partial charge in [0.2, 0.25) is 5.91 Å². The third-order valence-electron chi connectivity index (χ3n) is 3.98. The van der Waals surface area contributed by atoms with Gasteiger partial charge >= 0.3 is 0 Å². The van der Waals surface area contributed by atoms with Crippen LogP contribution in [0.1, 0.15) is 16.7 Å². The lowest BCUT2D eigenvalue weighted by Crippen LogP contribution is -2.27. The molecule has 2 aromatic rings. The normalized spacial score (nSPS) is 10.5. The van der Waals surface area contributed by atoms with E-state index < -0.39 is 0 Å². The lowest BCUT2D eigenvalue weighted by molar-refractivity contribution is -0.118. The predicted molar refractivity (Wildman–Crippen MR) is 104 cm³/mol. The fraction of sp³-hybridized carbons (Fsp3) is 0.350. The number of amides is 1. The number of thioether (sulfide) groups is 1. The fourth-order valence-corrected chi connectivity index (χ4v) is 3.40. The zero-order chi connectivity index (χ0) is 18.9. The number of nitrogens with one attached hydrogen (secondary N) is 1. The Morgan fingerprint density at radius 1 is 1.12 bits per heavy atom. The molecule has 0 aliphatic heterocycles. The second-order valence-electron chi connectivity index (χ2n) is 5.85. The van der Waals surface area contributed by atoms with E-state index in [2.05, 4.69) is 5.32 Å². The summed E-state index contributed by atoms with van der Waals surface area (Å²) in [7, 11) is 3.22. The van der Waals surface area contributed by atoms with Crippen LogP contribution in [0.3, 0.4) is 0 Å². The molecule has 0 radical (unpaired) electrons. The minimum Gasteiger partial charge on any atom is -0.493 e. The van der Waals surface area contributed by atoms with E-state index in [1.807, 2.05) is 19.1 Å². The molecule has 140 valence electrons. The number of halogens is 1. The molecule has 6 heteroatoms. The molecule has 4 nitrogen and oxygen atoms in total. The first kappa shape index (κ1) is 20.1. The van der Waals surface area contributed by atoms with Gasteiger partial charge in [0.1, 0.15) is 5.82 Å². The molecule has 0 atom stereocenters.